The first-order chi connectivity index (χ1) is 11.8. The lowest BCUT2D eigenvalue weighted by molar-refractivity contribution is 0.0591. The summed E-state index contributed by atoms with van der Waals surface area (Å²) < 4.78 is 48.1. The molecule has 10 heteroatoms. The fraction of sp³-hybridized carbons (Fsp3) is 0.333. The van der Waals surface area contributed by atoms with Gasteiger partial charge in [0.05, 0.1) is 21.3 Å². The van der Waals surface area contributed by atoms with Crippen LogP contribution in [0.1, 0.15) is 15.9 Å². The molecular weight excluding hydrogens is 370 g/mol. The zero-order valence-electron chi connectivity index (χ0n) is 14.1. The number of ether oxygens (including phenoxy) is 4. The summed E-state index contributed by atoms with van der Waals surface area (Å²) in [5, 5.41) is 0. The minimum absolute atomic E-state index is 0.00268. The lowest BCUT2D eigenvalue weighted by atomic mass is 10.2. The topological polar surface area (TPSA) is 101 Å². The highest BCUT2D eigenvalue weighted by molar-refractivity contribution is 7.92. The first-order valence-electron chi connectivity index (χ1n) is 6.94. The van der Waals surface area contributed by atoms with E-state index in [-0.39, 0.29) is 22.3 Å². The number of carbonyl (C=O) groups excluding carboxylic acids is 1. The predicted molar refractivity (Wildman–Crippen MR) is 90.4 cm³/mol. The maximum atomic E-state index is 12.0. The maximum Gasteiger partial charge on any atom is 0.345 e. The number of carbonyl (C=O) groups is 1. The van der Waals surface area contributed by atoms with Gasteiger partial charge in [0.2, 0.25) is 5.88 Å². The molecule has 0 N–H and O–H groups in total. The summed E-state index contributed by atoms with van der Waals surface area (Å²) in [5.74, 6) is 0.0546. The molecule has 2 rings (SSSR count). The number of aromatic nitrogens is 1. The molecule has 1 aromatic carbocycles. The summed E-state index contributed by atoms with van der Waals surface area (Å²) in [7, 11) is 0.512. The van der Waals surface area contributed by atoms with E-state index < -0.39 is 15.8 Å². The van der Waals surface area contributed by atoms with E-state index >= 15 is 0 Å². The highest BCUT2D eigenvalue weighted by Crippen LogP contribution is 2.34. The summed E-state index contributed by atoms with van der Waals surface area (Å²) in [6.07, 6.45) is 0.988. The van der Waals surface area contributed by atoms with Crippen molar-refractivity contribution in [3.05, 3.63) is 29.3 Å². The molecule has 0 bridgehead atoms. The lowest BCUT2D eigenvalue weighted by Gasteiger charge is -2.13. The van der Waals surface area contributed by atoms with Crippen LogP contribution in [-0.4, -0.2) is 46.3 Å². The van der Waals surface area contributed by atoms with Crippen molar-refractivity contribution in [1.82, 2.24) is 4.37 Å². The maximum absolute atomic E-state index is 12.0. The second kappa shape index (κ2) is 7.70. The SMILES string of the molecule is COC(=O)c1c(OCc2cccc(OC)c2OC)nsc1S(C)(=O)=O. The van der Waals surface area contributed by atoms with Crippen LogP contribution in [0.3, 0.4) is 0 Å². The number of hydrogen-bond acceptors (Lipinski definition) is 9. The van der Waals surface area contributed by atoms with Crippen LogP contribution in [0.15, 0.2) is 22.4 Å². The minimum Gasteiger partial charge on any atom is -0.493 e. The molecule has 0 unspecified atom stereocenters. The van der Waals surface area contributed by atoms with E-state index in [4.69, 9.17) is 14.2 Å². The Labute approximate surface area is 149 Å². The van der Waals surface area contributed by atoms with E-state index in [2.05, 4.69) is 9.11 Å². The Morgan fingerprint density at radius 1 is 1.20 bits per heavy atom. The van der Waals surface area contributed by atoms with Crippen LogP contribution in [-0.2, 0) is 21.2 Å². The van der Waals surface area contributed by atoms with Crippen LogP contribution < -0.4 is 14.2 Å². The number of sulfone groups is 1. The summed E-state index contributed by atoms with van der Waals surface area (Å²) in [5.41, 5.74) is 0.434. The molecule has 1 aromatic heterocycles. The van der Waals surface area contributed by atoms with Gasteiger partial charge in [-0.15, -0.1) is 0 Å². The van der Waals surface area contributed by atoms with Crippen molar-refractivity contribution in [2.75, 3.05) is 27.6 Å². The van der Waals surface area contributed by atoms with Gasteiger partial charge in [-0.25, -0.2) is 13.2 Å². The van der Waals surface area contributed by atoms with Gasteiger partial charge in [-0.05, 0) is 17.6 Å². The van der Waals surface area contributed by atoms with Gasteiger partial charge in [0, 0.05) is 11.8 Å². The molecule has 8 nitrogen and oxygen atoms in total. The van der Waals surface area contributed by atoms with Gasteiger partial charge < -0.3 is 18.9 Å². The molecule has 25 heavy (non-hydrogen) atoms. The largest absolute Gasteiger partial charge is 0.493 e. The van der Waals surface area contributed by atoms with Crippen LogP contribution in [0, 0.1) is 0 Å². The molecule has 0 fully saturated rings. The summed E-state index contributed by atoms with van der Waals surface area (Å²) in [6.45, 7) is -0.00268. The van der Waals surface area contributed by atoms with E-state index in [9.17, 15) is 13.2 Å². The molecule has 0 aliphatic heterocycles. The molecule has 0 spiro atoms. The number of methoxy groups -OCH3 is 3. The third-order valence-electron chi connectivity index (χ3n) is 3.20. The van der Waals surface area contributed by atoms with Gasteiger partial charge in [-0.2, -0.15) is 4.37 Å². The molecule has 0 saturated heterocycles. The van der Waals surface area contributed by atoms with E-state index in [0.29, 0.717) is 28.6 Å². The number of esters is 1. The first-order valence-corrected chi connectivity index (χ1v) is 9.60. The third-order valence-corrected chi connectivity index (χ3v) is 5.84. The summed E-state index contributed by atoms with van der Waals surface area (Å²) in [4.78, 5) is 12.0. The number of rotatable bonds is 7. The molecule has 0 atom stereocenters. The van der Waals surface area contributed by atoms with Gasteiger partial charge in [-0.3, -0.25) is 0 Å². The zero-order valence-corrected chi connectivity index (χ0v) is 15.7. The second-order valence-corrected chi connectivity index (χ2v) is 7.84. The van der Waals surface area contributed by atoms with Crippen molar-refractivity contribution in [2.45, 2.75) is 10.8 Å². The predicted octanol–water partition coefficient (Wildman–Crippen LogP) is 1.93. The lowest BCUT2D eigenvalue weighted by Crippen LogP contribution is -2.09. The van der Waals surface area contributed by atoms with Crippen molar-refractivity contribution in [2.24, 2.45) is 0 Å². The Hall–Kier alpha value is -2.33. The number of benzene rings is 1. The fourth-order valence-corrected chi connectivity index (χ4v) is 3.87. The molecule has 0 radical (unpaired) electrons. The van der Waals surface area contributed by atoms with Crippen molar-refractivity contribution in [3.63, 3.8) is 0 Å². The first kappa shape index (κ1) is 19.0. The average Bonchev–Trinajstić information content (AvgIpc) is 3.02. The van der Waals surface area contributed by atoms with Crippen LogP contribution >= 0.6 is 11.5 Å². The van der Waals surface area contributed by atoms with Gasteiger partial charge in [-0.1, -0.05) is 12.1 Å². The molecule has 0 amide bonds. The Morgan fingerprint density at radius 3 is 2.48 bits per heavy atom. The Bertz CT molecular complexity index is 874. The van der Waals surface area contributed by atoms with E-state index in [1.54, 1.807) is 18.2 Å². The quantitative estimate of drug-likeness (QED) is 0.664. The van der Waals surface area contributed by atoms with Crippen molar-refractivity contribution in [3.8, 4) is 17.4 Å². The minimum atomic E-state index is -3.64. The van der Waals surface area contributed by atoms with Crippen LogP contribution in [0.25, 0.3) is 0 Å². The van der Waals surface area contributed by atoms with Crippen molar-refractivity contribution < 1.29 is 32.2 Å². The van der Waals surface area contributed by atoms with Crippen LogP contribution in [0.5, 0.6) is 17.4 Å². The van der Waals surface area contributed by atoms with E-state index in [1.165, 1.54) is 14.2 Å². The normalized spacial score (nSPS) is 11.0. The summed E-state index contributed by atoms with van der Waals surface area (Å²) in [6, 6.07) is 5.24. The number of nitrogens with zero attached hydrogens (tertiary/aromatic N) is 1. The van der Waals surface area contributed by atoms with Gasteiger partial charge in [0.1, 0.15) is 6.61 Å². The molecule has 0 aliphatic carbocycles. The number of hydrogen-bond donors (Lipinski definition) is 0. The second-order valence-electron chi connectivity index (χ2n) is 4.86. The highest BCUT2D eigenvalue weighted by atomic mass is 32.2. The molecule has 0 saturated carbocycles. The Morgan fingerprint density at radius 2 is 1.92 bits per heavy atom. The number of para-hydroxylation sites is 1. The summed E-state index contributed by atoms with van der Waals surface area (Å²) >= 11 is 0.660. The molecule has 0 aliphatic rings. The van der Waals surface area contributed by atoms with Gasteiger partial charge >= 0.3 is 5.97 Å². The third kappa shape index (κ3) is 4.02. The van der Waals surface area contributed by atoms with E-state index in [1.807, 2.05) is 0 Å². The van der Waals surface area contributed by atoms with Gasteiger partial charge in [0.15, 0.2) is 31.1 Å². The Kier molecular flexibility index (Phi) is 5.85. The van der Waals surface area contributed by atoms with Crippen LogP contribution in [0.2, 0.25) is 0 Å². The van der Waals surface area contributed by atoms with E-state index in [0.717, 1.165) is 13.4 Å². The molecule has 2 aromatic rings. The van der Waals surface area contributed by atoms with Crippen molar-refractivity contribution in [1.29, 1.82) is 0 Å². The Balaban J connectivity index is 2.37. The smallest absolute Gasteiger partial charge is 0.345 e. The standard InChI is InChI=1S/C15H17NO7S2/c1-20-10-7-5-6-9(12(10)21-2)8-23-13-11(14(17)22-3)15(24-16-13)25(4,18)19/h5-7H,8H2,1-4H3. The van der Waals surface area contributed by atoms with Crippen LogP contribution in [0.4, 0.5) is 0 Å². The van der Waals surface area contributed by atoms with Crippen molar-refractivity contribution >= 4 is 27.3 Å². The highest BCUT2D eigenvalue weighted by Gasteiger charge is 2.29. The molecule has 1 heterocycles. The molecular formula is C15H17NO7S2. The monoisotopic (exact) mass is 387 g/mol. The van der Waals surface area contributed by atoms with Gasteiger partial charge in [0.25, 0.3) is 0 Å². The zero-order chi connectivity index (χ0) is 18.6. The average molecular weight is 387 g/mol. The molecule has 136 valence electrons. The fourth-order valence-electron chi connectivity index (χ4n) is 2.10.